The molecule has 2 aliphatic rings. The van der Waals surface area contributed by atoms with Crippen molar-refractivity contribution >= 4 is 17.5 Å². The second-order valence-electron chi connectivity index (χ2n) is 6.50. The Kier molecular flexibility index (Phi) is 4.01. The van der Waals surface area contributed by atoms with Crippen molar-refractivity contribution in [2.45, 2.75) is 25.4 Å². The lowest BCUT2D eigenvalue weighted by molar-refractivity contribution is -0.131. The third-order valence-corrected chi connectivity index (χ3v) is 4.97. The van der Waals surface area contributed by atoms with E-state index >= 15 is 0 Å². The monoisotopic (exact) mass is 336 g/mol. The summed E-state index contributed by atoms with van der Waals surface area (Å²) in [5.41, 5.74) is 9.82. The molecule has 0 fully saturated rings. The first-order valence-electron chi connectivity index (χ1n) is 8.58. The highest BCUT2D eigenvalue weighted by molar-refractivity contribution is 6.00. The van der Waals surface area contributed by atoms with Crippen LogP contribution in [0, 0.1) is 0 Å². The summed E-state index contributed by atoms with van der Waals surface area (Å²) in [4.78, 5) is 26.4. The van der Waals surface area contributed by atoms with Gasteiger partial charge in [-0.3, -0.25) is 9.59 Å². The topological polar surface area (TPSA) is 72.6 Å². The Morgan fingerprint density at radius 3 is 2.76 bits per heavy atom. The number of nitrogens with zero attached hydrogens (tertiary/aromatic N) is 1. The SMILES string of the molecule is NC(=O)c1ccc2c(c1)CCCN2C(=O)C1OCCc2ccccc21. The zero-order valence-electron chi connectivity index (χ0n) is 13.9. The van der Waals surface area contributed by atoms with Crippen LogP contribution < -0.4 is 10.6 Å². The third-order valence-electron chi connectivity index (χ3n) is 4.97. The van der Waals surface area contributed by atoms with E-state index in [0.717, 1.165) is 36.1 Å². The quantitative estimate of drug-likeness (QED) is 0.915. The molecule has 1 unspecified atom stereocenters. The fourth-order valence-corrected chi connectivity index (χ4v) is 3.72. The number of anilines is 1. The predicted molar refractivity (Wildman–Crippen MR) is 94.5 cm³/mol. The van der Waals surface area contributed by atoms with Crippen LogP contribution in [0.4, 0.5) is 5.69 Å². The number of hydrogen-bond acceptors (Lipinski definition) is 3. The molecule has 4 rings (SSSR count). The van der Waals surface area contributed by atoms with E-state index < -0.39 is 12.0 Å². The van der Waals surface area contributed by atoms with Gasteiger partial charge in [0.15, 0.2) is 6.10 Å². The summed E-state index contributed by atoms with van der Waals surface area (Å²) >= 11 is 0. The van der Waals surface area contributed by atoms with Gasteiger partial charge in [-0.1, -0.05) is 24.3 Å². The van der Waals surface area contributed by atoms with Crippen LogP contribution in [0.25, 0.3) is 0 Å². The first-order valence-corrected chi connectivity index (χ1v) is 8.58. The molecule has 25 heavy (non-hydrogen) atoms. The van der Waals surface area contributed by atoms with E-state index in [1.165, 1.54) is 5.56 Å². The van der Waals surface area contributed by atoms with Gasteiger partial charge in [-0.05, 0) is 54.2 Å². The Hall–Kier alpha value is -2.66. The average Bonchev–Trinajstić information content (AvgIpc) is 2.66. The minimum Gasteiger partial charge on any atom is -0.366 e. The van der Waals surface area contributed by atoms with E-state index in [2.05, 4.69) is 6.07 Å². The normalized spacial score (nSPS) is 19.0. The molecule has 0 saturated heterocycles. The van der Waals surface area contributed by atoms with Crippen molar-refractivity contribution in [3.63, 3.8) is 0 Å². The van der Waals surface area contributed by atoms with E-state index in [4.69, 9.17) is 10.5 Å². The van der Waals surface area contributed by atoms with Crippen LogP contribution in [0.5, 0.6) is 0 Å². The maximum atomic E-state index is 13.2. The standard InChI is InChI=1S/C20H20N2O3/c21-19(23)15-7-8-17-14(12-15)5-3-10-22(17)20(24)18-16-6-2-1-4-13(16)9-11-25-18/h1-2,4,6-8,12,18H,3,5,9-11H2,(H2,21,23). The van der Waals surface area contributed by atoms with Crippen LogP contribution in [-0.4, -0.2) is 25.0 Å². The van der Waals surface area contributed by atoms with Crippen LogP contribution in [0.2, 0.25) is 0 Å². The number of aryl methyl sites for hydroxylation is 1. The van der Waals surface area contributed by atoms with E-state index in [-0.39, 0.29) is 5.91 Å². The van der Waals surface area contributed by atoms with Crippen molar-refractivity contribution < 1.29 is 14.3 Å². The molecule has 0 aliphatic carbocycles. The van der Waals surface area contributed by atoms with Gasteiger partial charge < -0.3 is 15.4 Å². The number of fused-ring (bicyclic) bond motifs is 2. The zero-order chi connectivity index (χ0) is 17.4. The van der Waals surface area contributed by atoms with Crippen molar-refractivity contribution in [2.75, 3.05) is 18.1 Å². The van der Waals surface area contributed by atoms with Gasteiger partial charge in [-0.15, -0.1) is 0 Å². The molecule has 2 amide bonds. The number of ether oxygens (including phenoxy) is 1. The van der Waals surface area contributed by atoms with E-state index in [1.54, 1.807) is 17.0 Å². The molecule has 5 nitrogen and oxygen atoms in total. The van der Waals surface area contributed by atoms with Crippen molar-refractivity contribution in [2.24, 2.45) is 5.73 Å². The number of carbonyl (C=O) groups excluding carboxylic acids is 2. The zero-order valence-corrected chi connectivity index (χ0v) is 13.9. The molecule has 2 N–H and O–H groups in total. The minimum absolute atomic E-state index is 0.0417. The summed E-state index contributed by atoms with van der Waals surface area (Å²) in [6.07, 6.45) is 1.96. The van der Waals surface area contributed by atoms with Gasteiger partial charge in [0.05, 0.1) is 6.61 Å². The third kappa shape index (κ3) is 2.81. The van der Waals surface area contributed by atoms with Crippen molar-refractivity contribution in [1.82, 2.24) is 0 Å². The molecule has 0 aromatic heterocycles. The van der Waals surface area contributed by atoms with Crippen LogP contribution in [-0.2, 0) is 22.4 Å². The number of nitrogens with two attached hydrogens (primary N) is 1. The summed E-state index contributed by atoms with van der Waals surface area (Å²) in [7, 11) is 0. The number of amides is 2. The minimum atomic E-state index is -0.563. The van der Waals surface area contributed by atoms with Crippen molar-refractivity contribution in [3.8, 4) is 0 Å². The molecule has 0 spiro atoms. The van der Waals surface area contributed by atoms with E-state index in [1.807, 2.05) is 24.3 Å². The number of carbonyl (C=O) groups is 2. The van der Waals surface area contributed by atoms with Crippen LogP contribution in [0.1, 0.15) is 39.6 Å². The lowest BCUT2D eigenvalue weighted by Gasteiger charge is -2.34. The maximum Gasteiger partial charge on any atom is 0.260 e. The number of hydrogen-bond donors (Lipinski definition) is 1. The largest absolute Gasteiger partial charge is 0.366 e. The Balaban J connectivity index is 1.68. The highest BCUT2D eigenvalue weighted by Crippen LogP contribution is 2.34. The van der Waals surface area contributed by atoms with Crippen LogP contribution in [0.15, 0.2) is 42.5 Å². The summed E-state index contributed by atoms with van der Waals surface area (Å²) in [6.45, 7) is 1.21. The van der Waals surface area contributed by atoms with Gasteiger partial charge in [0.2, 0.25) is 5.91 Å². The van der Waals surface area contributed by atoms with Crippen molar-refractivity contribution in [3.05, 3.63) is 64.7 Å². The second-order valence-corrected chi connectivity index (χ2v) is 6.50. The Bertz CT molecular complexity index is 847. The molecule has 0 bridgehead atoms. The van der Waals surface area contributed by atoms with E-state index in [9.17, 15) is 9.59 Å². The summed E-state index contributed by atoms with van der Waals surface area (Å²) in [5.74, 6) is -0.490. The molecule has 2 aromatic rings. The van der Waals surface area contributed by atoms with Crippen molar-refractivity contribution in [1.29, 1.82) is 0 Å². The lowest BCUT2D eigenvalue weighted by Crippen LogP contribution is -2.41. The molecule has 2 aliphatic heterocycles. The molecule has 0 saturated carbocycles. The molecule has 128 valence electrons. The molecule has 5 heteroatoms. The predicted octanol–water partition coefficient (Wildman–Crippen LogP) is 2.38. The Morgan fingerprint density at radius 1 is 1.08 bits per heavy atom. The van der Waals surface area contributed by atoms with Crippen LogP contribution >= 0.6 is 0 Å². The Labute approximate surface area is 146 Å². The molecule has 1 atom stereocenters. The lowest BCUT2D eigenvalue weighted by atomic mass is 9.94. The molecule has 2 aromatic carbocycles. The summed E-state index contributed by atoms with van der Waals surface area (Å²) < 4.78 is 5.83. The molecule has 0 radical (unpaired) electrons. The summed E-state index contributed by atoms with van der Waals surface area (Å²) in [5, 5.41) is 0. The Morgan fingerprint density at radius 2 is 1.92 bits per heavy atom. The van der Waals surface area contributed by atoms with Gasteiger partial charge in [-0.25, -0.2) is 0 Å². The highest BCUT2D eigenvalue weighted by atomic mass is 16.5. The van der Waals surface area contributed by atoms with Crippen LogP contribution in [0.3, 0.4) is 0 Å². The van der Waals surface area contributed by atoms with E-state index in [0.29, 0.717) is 18.7 Å². The first kappa shape index (κ1) is 15.8. The first-order chi connectivity index (χ1) is 12.1. The molecular formula is C20H20N2O3. The number of primary amides is 1. The maximum absolute atomic E-state index is 13.2. The van der Waals surface area contributed by atoms with Gasteiger partial charge in [0, 0.05) is 17.8 Å². The molecular weight excluding hydrogens is 316 g/mol. The second kappa shape index (κ2) is 6.33. The average molecular weight is 336 g/mol. The highest BCUT2D eigenvalue weighted by Gasteiger charge is 2.33. The van der Waals surface area contributed by atoms with Gasteiger partial charge >= 0.3 is 0 Å². The fourth-order valence-electron chi connectivity index (χ4n) is 3.72. The molecule has 2 heterocycles. The summed E-state index contributed by atoms with van der Waals surface area (Å²) in [6, 6.07) is 13.3. The number of benzene rings is 2. The number of rotatable bonds is 2. The van der Waals surface area contributed by atoms with Gasteiger partial charge in [-0.2, -0.15) is 0 Å². The smallest absolute Gasteiger partial charge is 0.260 e. The van der Waals surface area contributed by atoms with Gasteiger partial charge in [0.25, 0.3) is 5.91 Å². The van der Waals surface area contributed by atoms with Gasteiger partial charge in [0.1, 0.15) is 0 Å². The fraction of sp³-hybridized carbons (Fsp3) is 0.300.